The van der Waals surface area contributed by atoms with Crippen molar-refractivity contribution < 1.29 is 4.92 Å². The molecule has 1 aliphatic carbocycles. The summed E-state index contributed by atoms with van der Waals surface area (Å²) < 4.78 is 0. The Balaban J connectivity index is 2.74. The van der Waals surface area contributed by atoms with Crippen molar-refractivity contribution in [2.24, 2.45) is 0 Å². The van der Waals surface area contributed by atoms with E-state index in [-0.39, 0.29) is 5.69 Å². The van der Waals surface area contributed by atoms with E-state index in [0.717, 1.165) is 30.5 Å². The molecule has 5 nitrogen and oxygen atoms in total. The first-order chi connectivity index (χ1) is 7.11. The third-order valence-corrected chi connectivity index (χ3v) is 2.91. The Morgan fingerprint density at radius 2 is 1.87 bits per heavy atom. The van der Waals surface area contributed by atoms with Crippen molar-refractivity contribution in [3.63, 3.8) is 0 Å². The molecule has 0 amide bonds. The highest BCUT2D eigenvalue weighted by Crippen LogP contribution is 2.27. The number of aromatic nitrogens is 1. The molecule has 0 unspecified atom stereocenters. The number of H-pyrrole nitrogens is 1. The molecule has 2 rings (SSSR count). The Labute approximate surface area is 86.3 Å². The van der Waals surface area contributed by atoms with Crippen molar-refractivity contribution in [2.75, 3.05) is 0 Å². The van der Waals surface area contributed by atoms with Crippen LogP contribution in [0.25, 0.3) is 0 Å². The Hall–Kier alpha value is -1.65. The van der Waals surface area contributed by atoms with Crippen LogP contribution in [-0.2, 0) is 12.8 Å². The lowest BCUT2D eigenvalue weighted by Crippen LogP contribution is -2.20. The van der Waals surface area contributed by atoms with Crippen LogP contribution in [0.1, 0.15) is 29.7 Å². The molecule has 1 aromatic rings. The maximum absolute atomic E-state index is 11.5. The molecule has 0 saturated heterocycles. The molecule has 0 aromatic carbocycles. The van der Waals surface area contributed by atoms with Gasteiger partial charge in [-0.2, -0.15) is 0 Å². The standard InChI is InChI=1S/C10H12N2O3/c1-6-7-4-2-3-5-8(7)9(12(14)15)10(13)11-6/h2-5H2,1H3,(H,11,13). The quantitative estimate of drug-likeness (QED) is 0.560. The van der Waals surface area contributed by atoms with E-state index in [1.165, 1.54) is 0 Å². The monoisotopic (exact) mass is 208 g/mol. The van der Waals surface area contributed by atoms with E-state index in [1.54, 1.807) is 6.92 Å². The number of hydrogen-bond donors (Lipinski definition) is 1. The van der Waals surface area contributed by atoms with Crippen LogP contribution in [-0.4, -0.2) is 9.91 Å². The van der Waals surface area contributed by atoms with Gasteiger partial charge in [0.15, 0.2) is 0 Å². The van der Waals surface area contributed by atoms with Crippen LogP contribution in [0.2, 0.25) is 0 Å². The van der Waals surface area contributed by atoms with Crippen molar-refractivity contribution in [3.8, 4) is 0 Å². The van der Waals surface area contributed by atoms with Crippen LogP contribution in [0.5, 0.6) is 0 Å². The van der Waals surface area contributed by atoms with Crippen LogP contribution in [0, 0.1) is 17.0 Å². The molecule has 0 atom stereocenters. The SMILES string of the molecule is Cc1[nH]c(=O)c([N+](=O)[O-])c2c1CCCC2. The van der Waals surface area contributed by atoms with Crippen LogP contribution >= 0.6 is 0 Å². The van der Waals surface area contributed by atoms with Crippen molar-refractivity contribution in [1.29, 1.82) is 0 Å². The number of nitrogens with one attached hydrogen (secondary N) is 1. The molecule has 1 N–H and O–H groups in total. The second-order valence-corrected chi connectivity index (χ2v) is 3.85. The summed E-state index contributed by atoms with van der Waals surface area (Å²) in [5, 5.41) is 10.8. The highest BCUT2D eigenvalue weighted by Gasteiger charge is 2.25. The van der Waals surface area contributed by atoms with Gasteiger partial charge in [0.2, 0.25) is 0 Å². The van der Waals surface area contributed by atoms with Gasteiger partial charge in [0.25, 0.3) is 0 Å². The lowest BCUT2D eigenvalue weighted by molar-refractivity contribution is -0.387. The number of aromatic amines is 1. The first-order valence-corrected chi connectivity index (χ1v) is 5.00. The summed E-state index contributed by atoms with van der Waals surface area (Å²) in [5.41, 5.74) is 1.56. The zero-order chi connectivity index (χ0) is 11.0. The maximum Gasteiger partial charge on any atom is 0.337 e. The molecular weight excluding hydrogens is 196 g/mol. The summed E-state index contributed by atoms with van der Waals surface area (Å²) in [7, 11) is 0. The van der Waals surface area contributed by atoms with E-state index in [9.17, 15) is 14.9 Å². The van der Waals surface area contributed by atoms with E-state index in [4.69, 9.17) is 0 Å². The Bertz CT molecular complexity index is 476. The summed E-state index contributed by atoms with van der Waals surface area (Å²) in [4.78, 5) is 24.2. The van der Waals surface area contributed by atoms with Crippen molar-refractivity contribution in [2.45, 2.75) is 32.6 Å². The van der Waals surface area contributed by atoms with Gasteiger partial charge in [-0.25, -0.2) is 0 Å². The zero-order valence-corrected chi connectivity index (χ0v) is 8.50. The van der Waals surface area contributed by atoms with E-state index in [1.807, 2.05) is 0 Å². The largest absolute Gasteiger partial charge is 0.337 e. The van der Waals surface area contributed by atoms with Crippen LogP contribution in [0.4, 0.5) is 5.69 Å². The number of rotatable bonds is 1. The predicted octanol–water partition coefficient (Wildman–Crippen LogP) is 1.47. The van der Waals surface area contributed by atoms with Gasteiger partial charge in [-0.05, 0) is 38.2 Å². The van der Waals surface area contributed by atoms with Gasteiger partial charge in [0.05, 0.1) is 4.92 Å². The molecule has 0 bridgehead atoms. The van der Waals surface area contributed by atoms with Crippen molar-refractivity contribution >= 4 is 5.69 Å². The number of nitrogens with zero attached hydrogens (tertiary/aromatic N) is 1. The molecule has 0 saturated carbocycles. The third-order valence-electron chi connectivity index (χ3n) is 2.91. The number of aryl methyl sites for hydroxylation is 1. The molecule has 15 heavy (non-hydrogen) atoms. The third kappa shape index (κ3) is 1.54. The van der Waals surface area contributed by atoms with Gasteiger partial charge in [0, 0.05) is 11.3 Å². The van der Waals surface area contributed by atoms with E-state index < -0.39 is 10.5 Å². The van der Waals surface area contributed by atoms with Crippen molar-refractivity contribution in [3.05, 3.63) is 37.3 Å². The number of hydrogen-bond acceptors (Lipinski definition) is 3. The van der Waals surface area contributed by atoms with Crippen LogP contribution in [0.15, 0.2) is 4.79 Å². The highest BCUT2D eigenvalue weighted by molar-refractivity contribution is 5.46. The van der Waals surface area contributed by atoms with Crippen molar-refractivity contribution in [1.82, 2.24) is 4.98 Å². The molecule has 0 radical (unpaired) electrons. The lowest BCUT2D eigenvalue weighted by Gasteiger charge is -2.16. The summed E-state index contributed by atoms with van der Waals surface area (Å²) in [6.07, 6.45) is 3.45. The summed E-state index contributed by atoms with van der Waals surface area (Å²) in [5.74, 6) is 0. The molecule has 1 aliphatic rings. The second kappa shape index (κ2) is 3.49. The minimum Gasteiger partial charge on any atom is -0.320 e. The molecule has 80 valence electrons. The van der Waals surface area contributed by atoms with Gasteiger partial charge >= 0.3 is 11.2 Å². The predicted molar refractivity (Wildman–Crippen MR) is 55.1 cm³/mol. The summed E-state index contributed by atoms with van der Waals surface area (Å²) >= 11 is 0. The summed E-state index contributed by atoms with van der Waals surface area (Å²) in [6, 6.07) is 0. The van der Waals surface area contributed by atoms with E-state index >= 15 is 0 Å². The Morgan fingerprint density at radius 1 is 1.27 bits per heavy atom. The summed E-state index contributed by atoms with van der Waals surface area (Å²) in [6.45, 7) is 1.80. The molecule has 1 heterocycles. The van der Waals surface area contributed by atoms with Crippen LogP contribution in [0.3, 0.4) is 0 Å². The van der Waals surface area contributed by atoms with Gasteiger partial charge in [0.1, 0.15) is 0 Å². The Morgan fingerprint density at radius 3 is 2.47 bits per heavy atom. The fraction of sp³-hybridized carbons (Fsp3) is 0.500. The average Bonchev–Trinajstić information content (AvgIpc) is 2.17. The average molecular weight is 208 g/mol. The fourth-order valence-electron chi connectivity index (χ4n) is 2.22. The zero-order valence-electron chi connectivity index (χ0n) is 8.50. The number of pyridine rings is 1. The number of fused-ring (bicyclic) bond motifs is 1. The second-order valence-electron chi connectivity index (χ2n) is 3.85. The minimum atomic E-state index is -0.571. The minimum absolute atomic E-state index is 0.254. The van der Waals surface area contributed by atoms with E-state index in [2.05, 4.69) is 4.98 Å². The first-order valence-electron chi connectivity index (χ1n) is 5.00. The molecule has 1 aromatic heterocycles. The maximum atomic E-state index is 11.5. The van der Waals surface area contributed by atoms with Gasteiger partial charge in [-0.15, -0.1) is 0 Å². The Kier molecular flexibility index (Phi) is 2.30. The van der Waals surface area contributed by atoms with Gasteiger partial charge in [-0.1, -0.05) is 0 Å². The van der Waals surface area contributed by atoms with Crippen LogP contribution < -0.4 is 5.56 Å². The number of nitro groups is 1. The smallest absolute Gasteiger partial charge is 0.320 e. The molecule has 0 aliphatic heterocycles. The highest BCUT2D eigenvalue weighted by atomic mass is 16.6. The molecule has 0 fully saturated rings. The van der Waals surface area contributed by atoms with Gasteiger partial charge < -0.3 is 4.98 Å². The first kappa shape index (κ1) is 9.89. The topological polar surface area (TPSA) is 76.0 Å². The fourth-order valence-corrected chi connectivity index (χ4v) is 2.22. The lowest BCUT2D eigenvalue weighted by atomic mass is 9.90. The molecule has 0 spiro atoms. The molecule has 5 heteroatoms. The van der Waals surface area contributed by atoms with Gasteiger partial charge in [-0.3, -0.25) is 14.9 Å². The van der Waals surface area contributed by atoms with E-state index in [0.29, 0.717) is 12.0 Å². The molecular formula is C10H12N2O3. The normalized spacial score (nSPS) is 14.7.